The summed E-state index contributed by atoms with van der Waals surface area (Å²) in [7, 11) is 1.44. The van der Waals surface area contributed by atoms with Crippen LogP contribution >= 0.6 is 0 Å². The minimum absolute atomic E-state index is 0.00395. The van der Waals surface area contributed by atoms with Crippen LogP contribution < -0.4 is 14.8 Å². The van der Waals surface area contributed by atoms with Crippen LogP contribution in [0.3, 0.4) is 0 Å². The topological polar surface area (TPSA) is 90.7 Å². The molecule has 1 N–H and O–H groups in total. The summed E-state index contributed by atoms with van der Waals surface area (Å²) in [6, 6.07) is 2.66. The molecule has 1 fully saturated rings. The fourth-order valence-electron chi connectivity index (χ4n) is 3.34. The first-order chi connectivity index (χ1) is 11.9. The molecule has 1 aliphatic rings. The number of carbonyl (C=O) groups is 1. The van der Waals surface area contributed by atoms with Crippen LogP contribution in [0, 0.1) is 22.0 Å². The predicted molar refractivity (Wildman–Crippen MR) is 94.3 cm³/mol. The van der Waals surface area contributed by atoms with Crippen molar-refractivity contribution in [1.82, 2.24) is 5.32 Å². The first-order valence-electron chi connectivity index (χ1n) is 8.69. The Kier molecular flexibility index (Phi) is 6.22. The number of ether oxygens (including phenoxy) is 2. The summed E-state index contributed by atoms with van der Waals surface area (Å²) in [5.74, 6) is 0.972. The molecule has 1 aromatic carbocycles. The van der Waals surface area contributed by atoms with Crippen molar-refractivity contribution >= 4 is 11.6 Å². The minimum atomic E-state index is -0.566. The number of carbonyl (C=O) groups excluding carboxylic acids is 1. The summed E-state index contributed by atoms with van der Waals surface area (Å²) >= 11 is 0. The van der Waals surface area contributed by atoms with E-state index in [1.54, 1.807) is 6.92 Å². The molecule has 0 unspecified atom stereocenters. The van der Waals surface area contributed by atoms with Gasteiger partial charge in [0.2, 0.25) is 0 Å². The average molecular weight is 350 g/mol. The molecule has 0 spiro atoms. The normalized spacial score (nSPS) is 23.0. The van der Waals surface area contributed by atoms with Gasteiger partial charge in [0.15, 0.2) is 11.5 Å². The van der Waals surface area contributed by atoms with Crippen molar-refractivity contribution < 1.29 is 19.2 Å². The summed E-state index contributed by atoms with van der Waals surface area (Å²) < 4.78 is 10.6. The molecule has 2 rings (SSSR count). The van der Waals surface area contributed by atoms with Gasteiger partial charge in [0, 0.05) is 12.1 Å². The predicted octanol–water partition coefficient (Wildman–Crippen LogP) is 3.56. The summed E-state index contributed by atoms with van der Waals surface area (Å²) in [4.78, 5) is 23.6. The Hall–Kier alpha value is -2.31. The van der Waals surface area contributed by atoms with E-state index in [4.69, 9.17) is 9.47 Å². The third-order valence-corrected chi connectivity index (χ3v) is 5.05. The van der Waals surface area contributed by atoms with E-state index in [-0.39, 0.29) is 23.0 Å². The molecule has 1 aliphatic carbocycles. The summed E-state index contributed by atoms with van der Waals surface area (Å²) in [5.41, 5.74) is -0.283. The smallest absolute Gasteiger partial charge is 0.286 e. The van der Waals surface area contributed by atoms with Crippen LogP contribution in [0.15, 0.2) is 12.1 Å². The number of nitro groups is 1. The van der Waals surface area contributed by atoms with Crippen LogP contribution in [0.25, 0.3) is 0 Å². The fraction of sp³-hybridized carbons (Fsp3) is 0.611. The maximum absolute atomic E-state index is 12.7. The number of rotatable bonds is 6. The number of amides is 1. The Morgan fingerprint density at radius 2 is 2.04 bits per heavy atom. The molecule has 7 nitrogen and oxygen atoms in total. The van der Waals surface area contributed by atoms with Crippen LogP contribution in [0.5, 0.6) is 11.5 Å². The van der Waals surface area contributed by atoms with Gasteiger partial charge in [-0.2, -0.15) is 0 Å². The summed E-state index contributed by atoms with van der Waals surface area (Å²) in [6.07, 6.45) is 3.08. The zero-order chi connectivity index (χ0) is 18.6. The zero-order valence-corrected chi connectivity index (χ0v) is 15.2. The Morgan fingerprint density at radius 1 is 1.32 bits per heavy atom. The third kappa shape index (κ3) is 4.21. The van der Waals surface area contributed by atoms with Gasteiger partial charge in [0.05, 0.1) is 24.7 Å². The van der Waals surface area contributed by atoms with E-state index in [2.05, 4.69) is 19.2 Å². The molecule has 1 saturated carbocycles. The van der Waals surface area contributed by atoms with Crippen molar-refractivity contribution in [2.24, 2.45) is 11.8 Å². The molecular formula is C18H26N2O5. The van der Waals surface area contributed by atoms with Gasteiger partial charge >= 0.3 is 0 Å². The van der Waals surface area contributed by atoms with Gasteiger partial charge in [0.25, 0.3) is 11.6 Å². The van der Waals surface area contributed by atoms with Crippen molar-refractivity contribution in [3.8, 4) is 11.5 Å². The molecule has 0 saturated heterocycles. The number of benzene rings is 1. The molecule has 0 heterocycles. The number of methoxy groups -OCH3 is 1. The summed E-state index contributed by atoms with van der Waals surface area (Å²) in [5, 5.41) is 14.4. The number of nitro benzene ring substituents is 1. The first-order valence-corrected chi connectivity index (χ1v) is 8.69. The highest BCUT2D eigenvalue weighted by molar-refractivity contribution is 5.99. The number of hydrogen-bond donors (Lipinski definition) is 1. The van der Waals surface area contributed by atoms with Gasteiger partial charge in [-0.05, 0) is 25.2 Å². The Bertz CT molecular complexity index is 647. The molecule has 7 heteroatoms. The monoisotopic (exact) mass is 350 g/mol. The van der Waals surface area contributed by atoms with E-state index in [9.17, 15) is 14.9 Å². The fourth-order valence-corrected chi connectivity index (χ4v) is 3.34. The first kappa shape index (κ1) is 19.0. The Balaban J connectivity index is 2.32. The zero-order valence-electron chi connectivity index (χ0n) is 15.2. The second kappa shape index (κ2) is 8.18. The van der Waals surface area contributed by atoms with Crippen LogP contribution in [-0.4, -0.2) is 30.6 Å². The van der Waals surface area contributed by atoms with Crippen LogP contribution in [-0.2, 0) is 0 Å². The molecule has 0 bridgehead atoms. The number of nitrogens with zero attached hydrogens (tertiary/aromatic N) is 1. The molecule has 3 atom stereocenters. The van der Waals surface area contributed by atoms with E-state index in [0.29, 0.717) is 24.2 Å². The molecule has 0 aliphatic heterocycles. The maximum atomic E-state index is 12.7. The molecule has 138 valence electrons. The van der Waals surface area contributed by atoms with E-state index >= 15 is 0 Å². The quantitative estimate of drug-likeness (QED) is 0.626. The van der Waals surface area contributed by atoms with Crippen molar-refractivity contribution in [2.45, 2.75) is 46.1 Å². The lowest BCUT2D eigenvalue weighted by atomic mass is 9.78. The van der Waals surface area contributed by atoms with Crippen LogP contribution in [0.1, 0.15) is 50.4 Å². The van der Waals surface area contributed by atoms with E-state index in [1.165, 1.54) is 19.2 Å². The molecular weight excluding hydrogens is 324 g/mol. The lowest BCUT2D eigenvalue weighted by molar-refractivity contribution is -0.385. The second-order valence-corrected chi connectivity index (χ2v) is 6.56. The van der Waals surface area contributed by atoms with Gasteiger partial charge in [-0.1, -0.05) is 26.7 Å². The highest BCUT2D eigenvalue weighted by Gasteiger charge is 2.31. The van der Waals surface area contributed by atoms with Gasteiger partial charge in [0.1, 0.15) is 5.56 Å². The van der Waals surface area contributed by atoms with Crippen molar-refractivity contribution in [1.29, 1.82) is 0 Å². The Labute approximate surface area is 147 Å². The van der Waals surface area contributed by atoms with E-state index < -0.39 is 10.8 Å². The van der Waals surface area contributed by atoms with Crippen molar-refractivity contribution in [2.75, 3.05) is 13.7 Å². The molecule has 0 aromatic heterocycles. The standard InChI is InChI=1S/C18H26N2O5/c1-5-25-17-10-15(20(22)23)13(9-16(17)24-4)18(21)19-14-8-6-7-11(2)12(14)3/h9-12,14H,5-8H2,1-4H3,(H,19,21)/t11-,12+,14-/m1/s1. The lowest BCUT2D eigenvalue weighted by Gasteiger charge is -2.34. The van der Waals surface area contributed by atoms with Gasteiger partial charge in [-0.25, -0.2) is 0 Å². The van der Waals surface area contributed by atoms with E-state index in [0.717, 1.165) is 19.3 Å². The second-order valence-electron chi connectivity index (χ2n) is 6.56. The number of hydrogen-bond acceptors (Lipinski definition) is 5. The highest BCUT2D eigenvalue weighted by atomic mass is 16.6. The largest absolute Gasteiger partial charge is 0.493 e. The molecule has 25 heavy (non-hydrogen) atoms. The van der Waals surface area contributed by atoms with Gasteiger partial charge in [-0.15, -0.1) is 0 Å². The lowest BCUT2D eigenvalue weighted by Crippen LogP contribution is -2.43. The Morgan fingerprint density at radius 3 is 2.64 bits per heavy atom. The molecule has 0 radical (unpaired) electrons. The SMILES string of the molecule is CCOc1cc([N+](=O)[O-])c(C(=O)N[C@@H]2CCC[C@@H](C)[C@@H]2C)cc1OC. The molecule has 1 aromatic rings. The van der Waals surface area contributed by atoms with Gasteiger partial charge in [-0.3, -0.25) is 14.9 Å². The van der Waals surface area contributed by atoms with Crippen molar-refractivity contribution in [3.05, 3.63) is 27.8 Å². The maximum Gasteiger partial charge on any atom is 0.286 e. The van der Waals surface area contributed by atoms with Gasteiger partial charge < -0.3 is 14.8 Å². The third-order valence-electron chi connectivity index (χ3n) is 5.05. The summed E-state index contributed by atoms with van der Waals surface area (Å²) in [6.45, 7) is 6.40. The van der Waals surface area contributed by atoms with E-state index in [1.807, 2.05) is 0 Å². The average Bonchev–Trinajstić information content (AvgIpc) is 2.58. The number of nitrogens with one attached hydrogen (secondary N) is 1. The highest BCUT2D eigenvalue weighted by Crippen LogP contribution is 2.35. The minimum Gasteiger partial charge on any atom is -0.493 e. The molecule has 1 amide bonds. The van der Waals surface area contributed by atoms with Crippen molar-refractivity contribution in [3.63, 3.8) is 0 Å². The van der Waals surface area contributed by atoms with Crippen LogP contribution in [0.4, 0.5) is 5.69 Å². The van der Waals surface area contributed by atoms with Crippen LogP contribution in [0.2, 0.25) is 0 Å².